The van der Waals surface area contributed by atoms with E-state index in [1.54, 1.807) is 30.4 Å². The number of methoxy groups -OCH3 is 1. The maximum absolute atomic E-state index is 12.3. The number of hydrogen-bond donors (Lipinski definition) is 1. The number of nitrogens with zero attached hydrogens (tertiary/aromatic N) is 2. The van der Waals surface area contributed by atoms with E-state index in [0.717, 1.165) is 26.5 Å². The minimum atomic E-state index is -0.128. The average Bonchev–Trinajstić information content (AvgIpc) is 3.02. The molecule has 3 rings (SSSR count). The number of ether oxygens (including phenoxy) is 1. The fourth-order valence-electron chi connectivity index (χ4n) is 2.40. The summed E-state index contributed by atoms with van der Waals surface area (Å²) >= 11 is 1.60. The molecule has 0 fully saturated rings. The quantitative estimate of drug-likeness (QED) is 0.771. The molecule has 5 nitrogen and oxygen atoms in total. The highest BCUT2D eigenvalue weighted by molar-refractivity contribution is 7.18. The lowest BCUT2D eigenvalue weighted by atomic mass is 10.2. The lowest BCUT2D eigenvalue weighted by Gasteiger charge is -2.18. The van der Waals surface area contributed by atoms with Crippen LogP contribution in [-0.4, -0.2) is 30.1 Å². The summed E-state index contributed by atoms with van der Waals surface area (Å²) in [5.74, 6) is 0.788. The van der Waals surface area contributed by atoms with Gasteiger partial charge >= 0.3 is 6.03 Å². The fourth-order valence-corrected chi connectivity index (χ4v) is 3.31. The van der Waals surface area contributed by atoms with Crippen molar-refractivity contribution in [2.24, 2.45) is 0 Å². The Morgan fingerprint density at radius 2 is 2.08 bits per heavy atom. The third kappa shape index (κ3) is 3.83. The Morgan fingerprint density at radius 3 is 2.88 bits per heavy atom. The van der Waals surface area contributed by atoms with Crippen LogP contribution in [0.2, 0.25) is 0 Å². The topological polar surface area (TPSA) is 54.5 Å². The molecule has 0 unspecified atom stereocenters. The average molecular weight is 341 g/mol. The maximum Gasteiger partial charge on any atom is 0.317 e. The zero-order valence-corrected chi connectivity index (χ0v) is 14.5. The molecule has 2 amide bonds. The number of urea groups is 1. The molecule has 0 radical (unpaired) electrons. The molecule has 1 heterocycles. The SMILES string of the molecule is COc1cccc(CN(C)C(=O)NCc2nc3ccccc3s2)c1. The minimum absolute atomic E-state index is 0.128. The van der Waals surface area contributed by atoms with Gasteiger partial charge in [-0.25, -0.2) is 9.78 Å². The van der Waals surface area contributed by atoms with E-state index in [9.17, 15) is 4.79 Å². The van der Waals surface area contributed by atoms with Crippen molar-refractivity contribution < 1.29 is 9.53 Å². The second-order valence-electron chi connectivity index (χ2n) is 5.44. The lowest BCUT2D eigenvalue weighted by Crippen LogP contribution is -2.36. The first-order valence-electron chi connectivity index (χ1n) is 7.62. The van der Waals surface area contributed by atoms with E-state index < -0.39 is 0 Å². The molecule has 0 spiro atoms. The highest BCUT2D eigenvalue weighted by Crippen LogP contribution is 2.21. The van der Waals surface area contributed by atoms with Crippen molar-refractivity contribution in [2.75, 3.05) is 14.2 Å². The molecule has 0 aliphatic rings. The number of carbonyl (C=O) groups excluding carboxylic acids is 1. The van der Waals surface area contributed by atoms with Crippen LogP contribution in [0.25, 0.3) is 10.2 Å². The summed E-state index contributed by atoms with van der Waals surface area (Å²) in [5, 5.41) is 3.81. The minimum Gasteiger partial charge on any atom is -0.497 e. The Bertz CT molecular complexity index is 814. The van der Waals surface area contributed by atoms with E-state index >= 15 is 0 Å². The summed E-state index contributed by atoms with van der Waals surface area (Å²) in [6.45, 7) is 0.948. The number of nitrogens with one attached hydrogen (secondary N) is 1. The highest BCUT2D eigenvalue weighted by Gasteiger charge is 2.11. The summed E-state index contributed by atoms with van der Waals surface area (Å²) in [6, 6.07) is 15.5. The number of rotatable bonds is 5. The van der Waals surface area contributed by atoms with E-state index in [2.05, 4.69) is 10.3 Å². The van der Waals surface area contributed by atoms with E-state index in [1.807, 2.05) is 48.5 Å². The highest BCUT2D eigenvalue weighted by atomic mass is 32.1. The second kappa shape index (κ2) is 7.31. The number of fused-ring (bicyclic) bond motifs is 1. The third-order valence-corrected chi connectivity index (χ3v) is 4.67. The van der Waals surface area contributed by atoms with Crippen LogP contribution in [0.15, 0.2) is 48.5 Å². The molecule has 0 bridgehead atoms. The van der Waals surface area contributed by atoms with Crippen LogP contribution in [0.1, 0.15) is 10.6 Å². The van der Waals surface area contributed by atoms with Gasteiger partial charge in [0.15, 0.2) is 0 Å². The molecule has 6 heteroatoms. The number of carbonyl (C=O) groups is 1. The van der Waals surface area contributed by atoms with Crippen LogP contribution in [0.5, 0.6) is 5.75 Å². The first kappa shape index (κ1) is 16.3. The van der Waals surface area contributed by atoms with Gasteiger partial charge in [0, 0.05) is 13.6 Å². The summed E-state index contributed by atoms with van der Waals surface area (Å²) < 4.78 is 6.34. The smallest absolute Gasteiger partial charge is 0.317 e. The van der Waals surface area contributed by atoms with Crippen molar-refractivity contribution in [2.45, 2.75) is 13.1 Å². The van der Waals surface area contributed by atoms with Crippen LogP contribution in [0.3, 0.4) is 0 Å². The zero-order valence-electron chi connectivity index (χ0n) is 13.7. The first-order chi connectivity index (χ1) is 11.7. The number of thiazole rings is 1. The second-order valence-corrected chi connectivity index (χ2v) is 6.56. The molecule has 0 saturated carbocycles. The van der Waals surface area contributed by atoms with Gasteiger partial charge in [0.1, 0.15) is 10.8 Å². The predicted molar refractivity (Wildman–Crippen MR) is 96.3 cm³/mol. The Balaban J connectivity index is 1.57. The Hall–Kier alpha value is -2.60. The van der Waals surface area contributed by atoms with Gasteiger partial charge in [-0.2, -0.15) is 0 Å². The van der Waals surface area contributed by atoms with Crippen molar-refractivity contribution in [3.8, 4) is 5.75 Å². The molecular weight excluding hydrogens is 322 g/mol. The number of para-hydroxylation sites is 1. The standard InChI is InChI=1S/C18H19N3O2S/c1-21(12-13-6-5-7-14(10-13)23-2)18(22)19-11-17-20-15-8-3-4-9-16(15)24-17/h3-10H,11-12H2,1-2H3,(H,19,22). The number of benzene rings is 2. The number of aromatic nitrogens is 1. The van der Waals surface area contributed by atoms with Crippen LogP contribution in [0, 0.1) is 0 Å². The Morgan fingerprint density at radius 1 is 1.25 bits per heavy atom. The molecule has 0 saturated heterocycles. The van der Waals surface area contributed by atoms with Gasteiger partial charge in [-0.15, -0.1) is 11.3 Å². The summed E-state index contributed by atoms with van der Waals surface area (Å²) in [7, 11) is 3.40. The normalized spacial score (nSPS) is 10.6. The Kier molecular flexibility index (Phi) is 4.96. The third-order valence-electron chi connectivity index (χ3n) is 3.63. The Labute approximate surface area is 144 Å². The van der Waals surface area contributed by atoms with Gasteiger partial charge in [0.2, 0.25) is 0 Å². The van der Waals surface area contributed by atoms with Crippen molar-refractivity contribution in [3.63, 3.8) is 0 Å². The summed E-state index contributed by atoms with van der Waals surface area (Å²) in [5.41, 5.74) is 1.99. The van der Waals surface area contributed by atoms with Gasteiger partial charge in [0.05, 0.1) is 23.9 Å². The largest absolute Gasteiger partial charge is 0.497 e. The molecule has 0 aliphatic heterocycles. The van der Waals surface area contributed by atoms with E-state index in [0.29, 0.717) is 13.1 Å². The van der Waals surface area contributed by atoms with E-state index in [-0.39, 0.29) is 6.03 Å². The predicted octanol–water partition coefficient (Wildman–Crippen LogP) is 3.65. The maximum atomic E-state index is 12.3. The lowest BCUT2D eigenvalue weighted by molar-refractivity contribution is 0.206. The molecule has 1 N–H and O–H groups in total. The molecule has 0 aliphatic carbocycles. The van der Waals surface area contributed by atoms with Crippen molar-refractivity contribution >= 4 is 27.6 Å². The van der Waals surface area contributed by atoms with Crippen LogP contribution < -0.4 is 10.1 Å². The van der Waals surface area contributed by atoms with Gasteiger partial charge in [-0.05, 0) is 29.8 Å². The monoisotopic (exact) mass is 341 g/mol. The van der Waals surface area contributed by atoms with Gasteiger partial charge < -0.3 is 15.0 Å². The van der Waals surface area contributed by atoms with Crippen molar-refractivity contribution in [1.82, 2.24) is 15.2 Å². The van der Waals surface area contributed by atoms with Gasteiger partial charge in [-0.1, -0.05) is 24.3 Å². The molecule has 1 aromatic heterocycles. The number of amides is 2. The molecule has 3 aromatic rings. The summed E-state index contributed by atoms with van der Waals surface area (Å²) in [4.78, 5) is 18.4. The van der Waals surface area contributed by atoms with E-state index in [1.165, 1.54) is 0 Å². The summed E-state index contributed by atoms with van der Waals surface area (Å²) in [6.07, 6.45) is 0. The zero-order chi connectivity index (χ0) is 16.9. The van der Waals surface area contributed by atoms with Gasteiger partial charge in [0.25, 0.3) is 0 Å². The van der Waals surface area contributed by atoms with E-state index in [4.69, 9.17) is 4.74 Å². The molecule has 124 valence electrons. The van der Waals surface area contributed by atoms with Gasteiger partial charge in [-0.3, -0.25) is 0 Å². The molecule has 0 atom stereocenters. The van der Waals surface area contributed by atoms with Crippen LogP contribution >= 0.6 is 11.3 Å². The molecule has 24 heavy (non-hydrogen) atoms. The fraction of sp³-hybridized carbons (Fsp3) is 0.222. The number of hydrogen-bond acceptors (Lipinski definition) is 4. The van der Waals surface area contributed by atoms with Crippen LogP contribution in [0.4, 0.5) is 4.79 Å². The van der Waals surface area contributed by atoms with Crippen molar-refractivity contribution in [3.05, 3.63) is 59.1 Å². The molecule has 2 aromatic carbocycles. The first-order valence-corrected chi connectivity index (χ1v) is 8.43. The van der Waals surface area contributed by atoms with Crippen molar-refractivity contribution in [1.29, 1.82) is 0 Å². The molecular formula is C18H19N3O2S. The van der Waals surface area contributed by atoms with Crippen LogP contribution in [-0.2, 0) is 13.1 Å².